The van der Waals surface area contributed by atoms with Crippen molar-refractivity contribution in [3.05, 3.63) is 16.1 Å². The normalized spacial score (nSPS) is 21.2. The zero-order chi connectivity index (χ0) is 11.5. The Bertz CT molecular complexity index is 334. The molecule has 1 unspecified atom stereocenters. The van der Waals surface area contributed by atoms with Crippen molar-refractivity contribution in [2.24, 2.45) is 5.73 Å². The molecule has 1 aromatic heterocycles. The van der Waals surface area contributed by atoms with Crippen molar-refractivity contribution in [1.29, 1.82) is 0 Å². The van der Waals surface area contributed by atoms with E-state index >= 15 is 0 Å². The van der Waals surface area contributed by atoms with Crippen molar-refractivity contribution in [2.45, 2.75) is 24.8 Å². The molecule has 2 rings (SSSR count). The summed E-state index contributed by atoms with van der Waals surface area (Å²) in [5.74, 6) is 0.584. The van der Waals surface area contributed by atoms with E-state index < -0.39 is 0 Å². The van der Waals surface area contributed by atoms with Crippen LogP contribution in [0.5, 0.6) is 0 Å². The number of aliphatic hydroxyl groups is 1. The van der Waals surface area contributed by atoms with E-state index in [9.17, 15) is 0 Å². The molecule has 1 aliphatic rings. The topological polar surface area (TPSA) is 62.4 Å². The van der Waals surface area contributed by atoms with Gasteiger partial charge in [0.2, 0.25) is 0 Å². The number of rotatable bonds is 3. The Morgan fingerprint density at radius 2 is 2.31 bits per heavy atom. The van der Waals surface area contributed by atoms with Gasteiger partial charge in [0.15, 0.2) is 0 Å². The molecule has 5 heteroatoms. The Balaban J connectivity index is 2.01. The summed E-state index contributed by atoms with van der Waals surface area (Å²) in [4.78, 5) is 6.90. The van der Waals surface area contributed by atoms with Crippen molar-refractivity contribution in [3.63, 3.8) is 0 Å². The quantitative estimate of drug-likeness (QED) is 0.827. The first-order chi connectivity index (χ1) is 7.70. The van der Waals surface area contributed by atoms with Gasteiger partial charge in [0.05, 0.1) is 23.4 Å². The molecule has 1 aliphatic heterocycles. The second-order valence-electron chi connectivity index (χ2n) is 4.48. The van der Waals surface area contributed by atoms with E-state index in [0.29, 0.717) is 5.92 Å². The first-order valence-electron chi connectivity index (χ1n) is 5.71. The molecule has 3 N–H and O–H groups in total. The molecule has 0 spiro atoms. The van der Waals surface area contributed by atoms with E-state index in [-0.39, 0.29) is 12.6 Å². The third kappa shape index (κ3) is 2.60. The molecule has 2 heterocycles. The SMILES string of the molecule is CN1CCC(c2nc(C(N)CO)cs2)CC1. The molecule has 0 saturated carbocycles. The van der Waals surface area contributed by atoms with E-state index in [0.717, 1.165) is 18.8 Å². The molecule has 90 valence electrons. The Kier molecular flexibility index (Phi) is 3.91. The minimum absolute atomic E-state index is 0.0312. The van der Waals surface area contributed by atoms with Crippen LogP contribution < -0.4 is 5.73 Å². The highest BCUT2D eigenvalue weighted by molar-refractivity contribution is 7.09. The van der Waals surface area contributed by atoms with Crippen LogP contribution in [-0.4, -0.2) is 41.7 Å². The van der Waals surface area contributed by atoms with E-state index in [2.05, 4.69) is 16.9 Å². The van der Waals surface area contributed by atoms with Gasteiger partial charge in [-0.05, 0) is 33.0 Å². The van der Waals surface area contributed by atoms with E-state index in [1.54, 1.807) is 11.3 Å². The number of hydrogen-bond donors (Lipinski definition) is 2. The zero-order valence-electron chi connectivity index (χ0n) is 9.59. The number of nitrogens with zero attached hydrogens (tertiary/aromatic N) is 2. The molecular weight excluding hydrogens is 222 g/mol. The van der Waals surface area contributed by atoms with Gasteiger partial charge in [-0.15, -0.1) is 11.3 Å². The summed E-state index contributed by atoms with van der Waals surface area (Å²) in [5.41, 5.74) is 6.58. The van der Waals surface area contributed by atoms with Gasteiger partial charge in [-0.2, -0.15) is 0 Å². The number of aliphatic hydroxyl groups excluding tert-OH is 1. The lowest BCUT2D eigenvalue weighted by Gasteiger charge is -2.27. The van der Waals surface area contributed by atoms with Crippen LogP contribution in [-0.2, 0) is 0 Å². The highest BCUT2D eigenvalue weighted by Crippen LogP contribution is 2.30. The molecule has 0 bridgehead atoms. The van der Waals surface area contributed by atoms with Crippen LogP contribution in [0.3, 0.4) is 0 Å². The van der Waals surface area contributed by atoms with Gasteiger partial charge < -0.3 is 15.7 Å². The van der Waals surface area contributed by atoms with Crippen molar-refractivity contribution < 1.29 is 5.11 Å². The van der Waals surface area contributed by atoms with Crippen LogP contribution in [0, 0.1) is 0 Å². The van der Waals surface area contributed by atoms with E-state index in [1.807, 2.05) is 5.38 Å². The minimum atomic E-state index is -0.323. The van der Waals surface area contributed by atoms with E-state index in [1.165, 1.54) is 17.8 Å². The Hall–Kier alpha value is -0.490. The molecule has 0 aliphatic carbocycles. The first-order valence-corrected chi connectivity index (χ1v) is 6.59. The number of hydrogen-bond acceptors (Lipinski definition) is 5. The minimum Gasteiger partial charge on any atom is -0.394 e. The fraction of sp³-hybridized carbons (Fsp3) is 0.727. The number of nitrogens with two attached hydrogens (primary N) is 1. The molecule has 16 heavy (non-hydrogen) atoms. The summed E-state index contributed by atoms with van der Waals surface area (Å²) < 4.78 is 0. The summed E-state index contributed by atoms with van der Waals surface area (Å²) in [7, 11) is 2.16. The van der Waals surface area contributed by atoms with Gasteiger partial charge in [0.1, 0.15) is 0 Å². The smallest absolute Gasteiger partial charge is 0.0960 e. The van der Waals surface area contributed by atoms with Crippen LogP contribution in [0.25, 0.3) is 0 Å². The number of piperidine rings is 1. The van der Waals surface area contributed by atoms with Crippen LogP contribution in [0.15, 0.2) is 5.38 Å². The summed E-state index contributed by atoms with van der Waals surface area (Å²) in [6.07, 6.45) is 2.36. The van der Waals surface area contributed by atoms with Gasteiger partial charge in [-0.25, -0.2) is 4.98 Å². The molecule has 4 nitrogen and oxygen atoms in total. The highest BCUT2D eigenvalue weighted by Gasteiger charge is 2.21. The molecule has 1 aromatic rings. The highest BCUT2D eigenvalue weighted by atomic mass is 32.1. The Morgan fingerprint density at radius 1 is 1.62 bits per heavy atom. The molecule has 1 atom stereocenters. The standard InChI is InChI=1S/C11H19N3OS/c1-14-4-2-8(3-5-14)11-13-10(7-16-11)9(12)6-15/h7-9,15H,2-6,12H2,1H3. The molecule has 1 fully saturated rings. The monoisotopic (exact) mass is 241 g/mol. The average Bonchev–Trinajstić information content (AvgIpc) is 2.78. The first kappa shape index (κ1) is 12.0. The molecule has 0 radical (unpaired) electrons. The molecular formula is C11H19N3OS. The fourth-order valence-corrected chi connectivity index (χ4v) is 3.06. The Morgan fingerprint density at radius 3 is 2.94 bits per heavy atom. The van der Waals surface area contributed by atoms with Gasteiger partial charge in [-0.3, -0.25) is 0 Å². The van der Waals surface area contributed by atoms with Crippen molar-refractivity contribution in [3.8, 4) is 0 Å². The molecule has 1 saturated heterocycles. The van der Waals surface area contributed by atoms with Crippen molar-refractivity contribution in [1.82, 2.24) is 9.88 Å². The van der Waals surface area contributed by atoms with Crippen molar-refractivity contribution >= 4 is 11.3 Å². The van der Waals surface area contributed by atoms with E-state index in [4.69, 9.17) is 10.8 Å². The average molecular weight is 241 g/mol. The van der Waals surface area contributed by atoms with Gasteiger partial charge in [-0.1, -0.05) is 0 Å². The van der Waals surface area contributed by atoms with Crippen LogP contribution >= 0.6 is 11.3 Å². The maximum absolute atomic E-state index is 8.98. The van der Waals surface area contributed by atoms with Gasteiger partial charge >= 0.3 is 0 Å². The largest absolute Gasteiger partial charge is 0.394 e. The maximum atomic E-state index is 8.98. The van der Waals surface area contributed by atoms with Crippen LogP contribution in [0.2, 0.25) is 0 Å². The third-order valence-electron chi connectivity index (χ3n) is 3.18. The second-order valence-corrected chi connectivity index (χ2v) is 5.37. The zero-order valence-corrected chi connectivity index (χ0v) is 10.4. The molecule has 0 amide bonds. The summed E-state index contributed by atoms with van der Waals surface area (Å²) in [5, 5.41) is 12.1. The van der Waals surface area contributed by atoms with Gasteiger partial charge in [0.25, 0.3) is 0 Å². The number of thiazole rings is 1. The maximum Gasteiger partial charge on any atom is 0.0960 e. The fourth-order valence-electron chi connectivity index (χ4n) is 2.01. The van der Waals surface area contributed by atoms with Crippen LogP contribution in [0.1, 0.15) is 35.5 Å². The lowest BCUT2D eigenvalue weighted by Crippen LogP contribution is -2.29. The van der Waals surface area contributed by atoms with Gasteiger partial charge in [0, 0.05) is 11.3 Å². The predicted octanol–water partition coefficient (Wildman–Crippen LogP) is 0.944. The Labute approximate surface area is 100 Å². The summed E-state index contributed by atoms with van der Waals surface area (Å²) in [6.45, 7) is 2.26. The van der Waals surface area contributed by atoms with Crippen molar-refractivity contribution in [2.75, 3.05) is 26.7 Å². The third-order valence-corrected chi connectivity index (χ3v) is 4.21. The number of likely N-dealkylation sites (tertiary alicyclic amines) is 1. The summed E-state index contributed by atoms with van der Waals surface area (Å²) >= 11 is 1.68. The lowest BCUT2D eigenvalue weighted by molar-refractivity contribution is 0.254. The number of aromatic nitrogens is 1. The summed E-state index contributed by atoms with van der Waals surface area (Å²) in [6, 6.07) is -0.323. The van der Waals surface area contributed by atoms with Crippen LogP contribution in [0.4, 0.5) is 0 Å². The lowest BCUT2D eigenvalue weighted by atomic mass is 9.98. The molecule has 0 aromatic carbocycles. The second kappa shape index (κ2) is 5.23. The predicted molar refractivity (Wildman–Crippen MR) is 65.6 cm³/mol.